The molecule has 0 aliphatic carbocycles. The van der Waals surface area contributed by atoms with Gasteiger partial charge in [0.05, 0.1) is 11.0 Å². The molecule has 4 nitrogen and oxygen atoms in total. The van der Waals surface area contributed by atoms with E-state index in [0.717, 1.165) is 34.1 Å². The van der Waals surface area contributed by atoms with Crippen molar-refractivity contribution in [2.24, 2.45) is 0 Å². The van der Waals surface area contributed by atoms with E-state index in [-0.39, 0.29) is 5.82 Å². The number of carbonyl (C=O) groups excluding carboxylic acids is 1. The van der Waals surface area contributed by atoms with Gasteiger partial charge in [-0.25, -0.2) is 9.37 Å². The maximum absolute atomic E-state index is 13.1. The fourth-order valence-corrected chi connectivity index (χ4v) is 2.23. The molecule has 3 aromatic rings. The molecule has 0 spiro atoms. The van der Waals surface area contributed by atoms with Gasteiger partial charge in [-0.15, -0.1) is 0 Å². The molecule has 106 valence electrons. The van der Waals surface area contributed by atoms with Crippen LogP contribution in [0.5, 0.6) is 0 Å². The van der Waals surface area contributed by atoms with Gasteiger partial charge in [-0.1, -0.05) is 6.07 Å². The number of nitrogens with one attached hydrogen (secondary N) is 2. The number of halogens is 1. The molecule has 0 aliphatic rings. The van der Waals surface area contributed by atoms with Crippen LogP contribution in [-0.4, -0.2) is 16.3 Å². The van der Waals surface area contributed by atoms with Gasteiger partial charge in [0.15, 0.2) is 0 Å². The zero-order valence-electron chi connectivity index (χ0n) is 11.5. The molecule has 0 saturated carbocycles. The SMILES string of the molecule is Cc1cc(F)ccc1Nc1nc2ccc(CC=O)cc2[nH]1. The van der Waals surface area contributed by atoms with Crippen LogP contribution in [0, 0.1) is 12.7 Å². The van der Waals surface area contributed by atoms with Gasteiger partial charge >= 0.3 is 0 Å². The van der Waals surface area contributed by atoms with Crippen molar-refractivity contribution in [2.45, 2.75) is 13.3 Å². The number of imidazole rings is 1. The van der Waals surface area contributed by atoms with Crippen LogP contribution in [-0.2, 0) is 11.2 Å². The number of nitrogens with zero attached hydrogens (tertiary/aromatic N) is 1. The third-order valence-electron chi connectivity index (χ3n) is 3.31. The topological polar surface area (TPSA) is 57.8 Å². The van der Waals surface area contributed by atoms with Gasteiger partial charge in [-0.2, -0.15) is 0 Å². The maximum atomic E-state index is 13.1. The van der Waals surface area contributed by atoms with Crippen LogP contribution in [0.4, 0.5) is 16.0 Å². The summed E-state index contributed by atoms with van der Waals surface area (Å²) in [4.78, 5) is 18.1. The number of aryl methyl sites for hydroxylation is 1. The number of aromatic nitrogens is 2. The van der Waals surface area contributed by atoms with Crippen LogP contribution in [0.25, 0.3) is 11.0 Å². The number of hydrogen-bond donors (Lipinski definition) is 2. The second-order valence-electron chi connectivity index (χ2n) is 4.89. The molecule has 0 aliphatic heterocycles. The summed E-state index contributed by atoms with van der Waals surface area (Å²) < 4.78 is 13.1. The fourth-order valence-electron chi connectivity index (χ4n) is 2.23. The van der Waals surface area contributed by atoms with Gasteiger partial charge in [-0.3, -0.25) is 0 Å². The standard InChI is InChI=1S/C16H14FN3O/c1-10-8-12(17)3-5-13(10)18-16-19-14-4-2-11(6-7-21)9-15(14)20-16/h2-5,7-9H,6H2,1H3,(H2,18,19,20). The van der Waals surface area contributed by atoms with Gasteiger partial charge < -0.3 is 15.1 Å². The van der Waals surface area contributed by atoms with Crippen molar-refractivity contribution in [2.75, 3.05) is 5.32 Å². The molecule has 0 unspecified atom stereocenters. The van der Waals surface area contributed by atoms with Gasteiger partial charge in [0.2, 0.25) is 5.95 Å². The highest BCUT2D eigenvalue weighted by atomic mass is 19.1. The van der Waals surface area contributed by atoms with Crippen LogP contribution in [0.1, 0.15) is 11.1 Å². The zero-order chi connectivity index (χ0) is 14.8. The number of hydrogen-bond acceptors (Lipinski definition) is 3. The first kappa shape index (κ1) is 13.3. The van der Waals surface area contributed by atoms with Gasteiger partial charge in [0.1, 0.15) is 12.1 Å². The Morgan fingerprint density at radius 1 is 1.29 bits per heavy atom. The van der Waals surface area contributed by atoms with Crippen molar-refractivity contribution in [1.82, 2.24) is 9.97 Å². The van der Waals surface area contributed by atoms with Crippen molar-refractivity contribution < 1.29 is 9.18 Å². The molecule has 3 rings (SSSR count). The lowest BCUT2D eigenvalue weighted by molar-refractivity contribution is -0.107. The number of anilines is 2. The van der Waals surface area contributed by atoms with E-state index < -0.39 is 0 Å². The summed E-state index contributed by atoms with van der Waals surface area (Å²) in [5.74, 6) is 0.323. The molecule has 0 saturated heterocycles. The van der Waals surface area contributed by atoms with Gasteiger partial charge in [0, 0.05) is 12.1 Å². The van der Waals surface area contributed by atoms with Crippen molar-refractivity contribution in [3.8, 4) is 0 Å². The number of fused-ring (bicyclic) bond motifs is 1. The quantitative estimate of drug-likeness (QED) is 0.720. The largest absolute Gasteiger partial charge is 0.326 e. The number of aromatic amines is 1. The summed E-state index contributed by atoms with van der Waals surface area (Å²) in [5.41, 5.74) is 4.20. The van der Waals surface area contributed by atoms with Gasteiger partial charge in [-0.05, 0) is 48.4 Å². The van der Waals surface area contributed by atoms with E-state index in [2.05, 4.69) is 15.3 Å². The molecule has 0 bridgehead atoms. The molecule has 1 aromatic heterocycles. The molecule has 21 heavy (non-hydrogen) atoms. The minimum Gasteiger partial charge on any atom is -0.326 e. The Hall–Kier alpha value is -2.69. The van der Waals surface area contributed by atoms with E-state index in [0.29, 0.717) is 12.4 Å². The summed E-state index contributed by atoms with van der Waals surface area (Å²) in [5, 5.41) is 3.14. The van der Waals surface area contributed by atoms with E-state index in [9.17, 15) is 9.18 Å². The Labute approximate surface area is 121 Å². The lowest BCUT2D eigenvalue weighted by atomic mass is 10.1. The van der Waals surface area contributed by atoms with Crippen molar-refractivity contribution >= 4 is 29.0 Å². The second kappa shape index (κ2) is 5.36. The Bertz CT molecular complexity index is 810. The highest BCUT2D eigenvalue weighted by Crippen LogP contribution is 2.22. The number of H-pyrrole nitrogens is 1. The van der Waals surface area contributed by atoms with E-state index in [1.54, 1.807) is 6.07 Å². The van der Waals surface area contributed by atoms with E-state index in [4.69, 9.17) is 0 Å². The summed E-state index contributed by atoms with van der Waals surface area (Å²) in [6.07, 6.45) is 1.26. The highest BCUT2D eigenvalue weighted by Gasteiger charge is 2.06. The van der Waals surface area contributed by atoms with E-state index in [1.807, 2.05) is 25.1 Å². The number of carbonyl (C=O) groups is 1. The molecule has 0 atom stereocenters. The Kier molecular flexibility index (Phi) is 3.39. The maximum Gasteiger partial charge on any atom is 0.205 e. The summed E-state index contributed by atoms with van der Waals surface area (Å²) in [7, 11) is 0. The van der Waals surface area contributed by atoms with Crippen LogP contribution < -0.4 is 5.32 Å². The lowest BCUT2D eigenvalue weighted by Crippen LogP contribution is -1.95. The monoisotopic (exact) mass is 283 g/mol. The third-order valence-corrected chi connectivity index (χ3v) is 3.31. The van der Waals surface area contributed by atoms with Gasteiger partial charge in [0.25, 0.3) is 0 Å². The number of rotatable bonds is 4. The van der Waals surface area contributed by atoms with Crippen molar-refractivity contribution in [3.63, 3.8) is 0 Å². The van der Waals surface area contributed by atoms with E-state index in [1.165, 1.54) is 12.1 Å². The average Bonchev–Trinajstić information content (AvgIpc) is 2.84. The average molecular weight is 283 g/mol. The number of aldehydes is 1. The van der Waals surface area contributed by atoms with Crippen molar-refractivity contribution in [3.05, 3.63) is 53.3 Å². The lowest BCUT2D eigenvalue weighted by Gasteiger charge is -2.06. The molecule has 1 heterocycles. The Morgan fingerprint density at radius 2 is 2.14 bits per heavy atom. The first-order chi connectivity index (χ1) is 10.2. The Balaban J connectivity index is 1.92. The van der Waals surface area contributed by atoms with Crippen molar-refractivity contribution in [1.29, 1.82) is 0 Å². The Morgan fingerprint density at radius 3 is 2.90 bits per heavy atom. The van der Waals surface area contributed by atoms with Crippen LogP contribution in [0.2, 0.25) is 0 Å². The summed E-state index contributed by atoms with van der Waals surface area (Å²) in [6, 6.07) is 10.2. The van der Waals surface area contributed by atoms with Crippen LogP contribution >= 0.6 is 0 Å². The molecular weight excluding hydrogens is 269 g/mol. The smallest absolute Gasteiger partial charge is 0.205 e. The predicted molar refractivity (Wildman–Crippen MR) is 80.3 cm³/mol. The molecule has 5 heteroatoms. The van der Waals surface area contributed by atoms with Crippen LogP contribution in [0.3, 0.4) is 0 Å². The summed E-state index contributed by atoms with van der Waals surface area (Å²) >= 11 is 0. The molecule has 0 amide bonds. The number of benzene rings is 2. The first-order valence-electron chi connectivity index (χ1n) is 6.61. The highest BCUT2D eigenvalue weighted by molar-refractivity contribution is 5.80. The minimum atomic E-state index is -0.263. The summed E-state index contributed by atoms with van der Waals surface area (Å²) in [6.45, 7) is 1.83. The molecule has 0 fully saturated rings. The fraction of sp³-hybridized carbons (Fsp3) is 0.125. The minimum absolute atomic E-state index is 0.263. The molecule has 0 radical (unpaired) electrons. The zero-order valence-corrected chi connectivity index (χ0v) is 11.5. The molecule has 2 N–H and O–H groups in total. The molecular formula is C16H14FN3O. The molecule has 2 aromatic carbocycles. The van der Waals surface area contributed by atoms with Crippen LogP contribution in [0.15, 0.2) is 36.4 Å². The normalized spacial score (nSPS) is 10.8. The second-order valence-corrected chi connectivity index (χ2v) is 4.89. The van der Waals surface area contributed by atoms with E-state index >= 15 is 0 Å². The first-order valence-corrected chi connectivity index (χ1v) is 6.61. The third kappa shape index (κ3) is 2.76. The predicted octanol–water partition coefficient (Wildman–Crippen LogP) is 3.50.